The molecule has 2 bridgehead atoms. The molecule has 0 amide bonds. The molecule has 2 aliphatic carbocycles. The van der Waals surface area contributed by atoms with E-state index in [0.29, 0.717) is 43.5 Å². The van der Waals surface area contributed by atoms with Gasteiger partial charge in [0.15, 0.2) is 0 Å². The first kappa shape index (κ1) is 32.3. The number of carboxylic acids is 1. The van der Waals surface area contributed by atoms with Gasteiger partial charge in [0.05, 0.1) is 30.9 Å². The summed E-state index contributed by atoms with van der Waals surface area (Å²) in [4.78, 5) is 33.0. The molecule has 4 saturated heterocycles. The number of alkyl halides is 3. The van der Waals surface area contributed by atoms with Gasteiger partial charge in [0.2, 0.25) is 0 Å². The lowest BCUT2D eigenvalue weighted by Gasteiger charge is -2.47. The third-order valence-corrected chi connectivity index (χ3v) is 13.9. The van der Waals surface area contributed by atoms with Crippen LogP contribution >= 0.6 is 23.4 Å². The summed E-state index contributed by atoms with van der Waals surface area (Å²) < 4.78 is 36.9. The number of aromatic nitrogens is 2. The normalized spacial score (nSPS) is 41.0. The monoisotopic (exact) mass is 668 g/mol. The van der Waals surface area contributed by atoms with Crippen molar-refractivity contribution in [2.75, 3.05) is 12.4 Å². The molecule has 1 aromatic rings. The second kappa shape index (κ2) is 12.6. The Hall–Kier alpha value is -1.27. The predicted octanol–water partition coefficient (Wildman–Crippen LogP) is 4.65. The fourth-order valence-electron chi connectivity index (χ4n) is 10.0. The van der Waals surface area contributed by atoms with Crippen molar-refractivity contribution in [2.24, 2.45) is 17.8 Å². The van der Waals surface area contributed by atoms with Gasteiger partial charge in [-0.25, -0.2) is 13.8 Å². The maximum absolute atomic E-state index is 14.3. The summed E-state index contributed by atoms with van der Waals surface area (Å²) >= 11 is 8.52. The lowest BCUT2D eigenvalue weighted by Crippen LogP contribution is -2.57. The number of piperidine rings is 2. The molecule has 0 aromatic carbocycles. The summed E-state index contributed by atoms with van der Waals surface area (Å²) in [7, 11) is 0. The fourth-order valence-corrected chi connectivity index (χ4v) is 12.2. The molecule has 7 rings (SSSR count). The average molecular weight is 669 g/mol. The number of nitrogens with one attached hydrogen (secondary N) is 1. The van der Waals surface area contributed by atoms with E-state index < -0.39 is 11.9 Å². The minimum absolute atomic E-state index is 0.0131. The number of rotatable bonds is 7. The first-order valence-corrected chi connectivity index (χ1v) is 18.6. The lowest BCUT2D eigenvalue weighted by atomic mass is 9.70. The second-order valence-electron chi connectivity index (χ2n) is 14.8. The van der Waals surface area contributed by atoms with Gasteiger partial charge in [0, 0.05) is 65.0 Å². The molecule has 250 valence electrons. The lowest BCUT2D eigenvalue weighted by molar-refractivity contribution is -0.142. The number of aryl methyl sites for hydroxylation is 2. The quantitative estimate of drug-likeness (QED) is 0.406. The van der Waals surface area contributed by atoms with Crippen LogP contribution in [0.15, 0.2) is 4.79 Å². The number of nitrogens with zero attached hydrogens (tertiary/aromatic N) is 3. The maximum Gasteiger partial charge on any atom is 0.308 e. The van der Waals surface area contributed by atoms with Crippen molar-refractivity contribution >= 4 is 29.3 Å². The SMILES string of the molecule is Cc1nc2c(c(=O)n1CCOC1CCC(Cl)CC1C1CC(C)NC3C(C(=O)O)CSC13)CC(N1C3CCC1CC(F)(F)C3)CC2. The van der Waals surface area contributed by atoms with Gasteiger partial charge in [0.1, 0.15) is 5.82 Å². The van der Waals surface area contributed by atoms with Gasteiger partial charge in [-0.05, 0) is 83.5 Å². The zero-order valence-electron chi connectivity index (χ0n) is 26.3. The summed E-state index contributed by atoms with van der Waals surface area (Å²) in [5.74, 6) is -1.79. The van der Waals surface area contributed by atoms with E-state index in [4.69, 9.17) is 21.3 Å². The Morgan fingerprint density at radius 2 is 1.89 bits per heavy atom. The van der Waals surface area contributed by atoms with Crippen LogP contribution in [0.1, 0.15) is 81.8 Å². The molecule has 6 aliphatic rings. The van der Waals surface area contributed by atoms with E-state index in [2.05, 4.69) is 17.1 Å². The molecular weight excluding hydrogens is 622 g/mol. The first-order valence-electron chi connectivity index (χ1n) is 17.1. The molecule has 2 N–H and O–H groups in total. The highest BCUT2D eigenvalue weighted by Gasteiger charge is 2.53. The van der Waals surface area contributed by atoms with Crippen molar-refractivity contribution in [2.45, 2.75) is 144 Å². The third-order valence-electron chi connectivity index (χ3n) is 11.9. The second-order valence-corrected chi connectivity index (χ2v) is 16.6. The van der Waals surface area contributed by atoms with Crippen LogP contribution in [-0.2, 0) is 28.9 Å². The number of thioether (sulfide) groups is 1. The Morgan fingerprint density at radius 1 is 1.13 bits per heavy atom. The molecule has 5 heterocycles. The molecule has 11 unspecified atom stereocenters. The molecule has 45 heavy (non-hydrogen) atoms. The number of carboxylic acid groups (broad SMARTS) is 1. The number of carbonyl (C=O) groups is 1. The largest absolute Gasteiger partial charge is 0.481 e. The molecule has 8 nitrogen and oxygen atoms in total. The smallest absolute Gasteiger partial charge is 0.308 e. The van der Waals surface area contributed by atoms with Gasteiger partial charge in [-0.1, -0.05) is 0 Å². The van der Waals surface area contributed by atoms with E-state index in [-0.39, 0.29) is 77.2 Å². The van der Waals surface area contributed by atoms with Crippen LogP contribution in [0.3, 0.4) is 0 Å². The predicted molar refractivity (Wildman–Crippen MR) is 170 cm³/mol. The molecular formula is C33H47ClF2N4O4S. The van der Waals surface area contributed by atoms with E-state index in [1.54, 1.807) is 16.3 Å². The topological polar surface area (TPSA) is 96.7 Å². The van der Waals surface area contributed by atoms with Crippen LogP contribution in [0.4, 0.5) is 8.78 Å². The summed E-state index contributed by atoms with van der Waals surface area (Å²) in [6, 6.07) is 0.125. The van der Waals surface area contributed by atoms with E-state index >= 15 is 0 Å². The number of ether oxygens (including phenoxy) is 1. The van der Waals surface area contributed by atoms with Gasteiger partial charge in [-0.3, -0.25) is 19.1 Å². The summed E-state index contributed by atoms with van der Waals surface area (Å²) in [5, 5.41) is 13.7. The number of aliphatic carboxylic acids is 1. The van der Waals surface area contributed by atoms with E-state index in [1.165, 1.54) is 0 Å². The van der Waals surface area contributed by atoms with Crippen LogP contribution in [0.2, 0.25) is 0 Å². The van der Waals surface area contributed by atoms with Crippen LogP contribution in [0.5, 0.6) is 0 Å². The van der Waals surface area contributed by atoms with Gasteiger partial charge >= 0.3 is 5.97 Å². The van der Waals surface area contributed by atoms with Crippen LogP contribution < -0.4 is 10.9 Å². The van der Waals surface area contributed by atoms with E-state index in [1.807, 2.05) is 6.92 Å². The number of hydrogen-bond acceptors (Lipinski definition) is 7. The van der Waals surface area contributed by atoms with E-state index in [0.717, 1.165) is 56.2 Å². The standard InChI is InChI=1S/C33H47ClF2N4O4S/c1-17-11-24(30-29(37-17)26(16-45-30)32(42)43)23-12-19(34)3-8-28(23)44-10-9-39-18(2)38-27-7-6-20(13-25(27)31(39)41)40-21-4-5-22(40)15-33(35,36)14-21/h17,19-24,26,28-30,37H,3-16H2,1-2H3,(H,42,43). The van der Waals surface area contributed by atoms with Crippen molar-refractivity contribution in [3.05, 3.63) is 27.4 Å². The van der Waals surface area contributed by atoms with Crippen molar-refractivity contribution in [3.8, 4) is 0 Å². The molecule has 4 aliphatic heterocycles. The summed E-state index contributed by atoms with van der Waals surface area (Å²) in [6.07, 6.45) is 7.24. The van der Waals surface area contributed by atoms with Gasteiger partial charge < -0.3 is 15.2 Å². The molecule has 1 saturated carbocycles. The van der Waals surface area contributed by atoms with Gasteiger partial charge in [0.25, 0.3) is 11.5 Å². The molecule has 0 spiro atoms. The van der Waals surface area contributed by atoms with E-state index in [9.17, 15) is 23.5 Å². The summed E-state index contributed by atoms with van der Waals surface area (Å²) in [5.41, 5.74) is 1.60. The molecule has 1 aromatic heterocycles. The maximum atomic E-state index is 14.3. The zero-order valence-corrected chi connectivity index (χ0v) is 27.9. The highest BCUT2D eigenvalue weighted by Crippen LogP contribution is 2.49. The van der Waals surface area contributed by atoms with Crippen LogP contribution in [-0.4, -0.2) is 90.7 Å². The Labute approximate surface area is 273 Å². The Bertz CT molecular complexity index is 1330. The number of hydrogen-bond donors (Lipinski definition) is 2. The molecule has 5 fully saturated rings. The average Bonchev–Trinajstić information content (AvgIpc) is 3.53. The number of halogens is 3. The first-order chi connectivity index (χ1) is 21.5. The van der Waals surface area contributed by atoms with Crippen molar-refractivity contribution in [1.82, 2.24) is 19.8 Å². The minimum Gasteiger partial charge on any atom is -0.481 e. The fraction of sp³-hybridized carbons (Fsp3) is 0.848. The van der Waals surface area contributed by atoms with Crippen LogP contribution in [0, 0.1) is 24.7 Å². The highest BCUT2D eigenvalue weighted by atomic mass is 35.5. The number of fused-ring (bicyclic) bond motifs is 4. The Morgan fingerprint density at radius 3 is 2.62 bits per heavy atom. The zero-order chi connectivity index (χ0) is 31.6. The Kier molecular flexibility index (Phi) is 9.07. The molecule has 0 radical (unpaired) electrons. The van der Waals surface area contributed by atoms with Crippen molar-refractivity contribution in [3.63, 3.8) is 0 Å². The van der Waals surface area contributed by atoms with Crippen molar-refractivity contribution in [1.29, 1.82) is 0 Å². The molecule has 12 heteroatoms. The van der Waals surface area contributed by atoms with Gasteiger partial charge in [-0.15, -0.1) is 11.6 Å². The summed E-state index contributed by atoms with van der Waals surface area (Å²) in [6.45, 7) is 4.84. The molecule has 11 atom stereocenters. The van der Waals surface area contributed by atoms with Crippen molar-refractivity contribution < 1.29 is 23.4 Å². The highest BCUT2D eigenvalue weighted by molar-refractivity contribution is 8.00. The third kappa shape index (κ3) is 6.22. The van der Waals surface area contributed by atoms with Crippen LogP contribution in [0.25, 0.3) is 0 Å². The minimum atomic E-state index is -2.58. The van der Waals surface area contributed by atoms with Gasteiger partial charge in [-0.2, -0.15) is 11.8 Å². The Balaban J connectivity index is 1.03.